The van der Waals surface area contributed by atoms with Gasteiger partial charge in [0.1, 0.15) is 11.3 Å². The van der Waals surface area contributed by atoms with E-state index in [1.165, 1.54) is 18.2 Å². The number of nitrogens with zero attached hydrogens (tertiary/aromatic N) is 3. The number of rotatable bonds is 4. The number of carbonyl (C=O) groups excluding carboxylic acids is 2. The molecule has 0 saturated carbocycles. The highest BCUT2D eigenvalue weighted by Crippen LogP contribution is 2.24. The fourth-order valence-corrected chi connectivity index (χ4v) is 3.25. The molecule has 1 fully saturated rings. The van der Waals surface area contributed by atoms with E-state index >= 15 is 0 Å². The molecule has 0 atom stereocenters. The molecular formula is C22H27N5O5. The number of amides is 3. The number of anilines is 3. The molecule has 170 valence electrons. The number of piperazine rings is 1. The molecular weight excluding hydrogens is 414 g/mol. The largest absolute Gasteiger partial charge is 0.444 e. The normalized spacial score (nSPS) is 14.0. The maximum Gasteiger partial charge on any atom is 0.410 e. The van der Waals surface area contributed by atoms with Crippen molar-refractivity contribution in [2.24, 2.45) is 0 Å². The van der Waals surface area contributed by atoms with Gasteiger partial charge in [-0.05, 0) is 51.1 Å². The van der Waals surface area contributed by atoms with E-state index in [4.69, 9.17) is 4.74 Å². The summed E-state index contributed by atoms with van der Waals surface area (Å²) in [5.74, 6) is 0. The number of para-hydroxylation sites is 2. The average molecular weight is 441 g/mol. The summed E-state index contributed by atoms with van der Waals surface area (Å²) < 4.78 is 5.42. The lowest BCUT2D eigenvalue weighted by Crippen LogP contribution is -2.50. The van der Waals surface area contributed by atoms with Crippen molar-refractivity contribution >= 4 is 34.9 Å². The van der Waals surface area contributed by atoms with E-state index in [9.17, 15) is 19.7 Å². The Morgan fingerprint density at radius 2 is 1.59 bits per heavy atom. The van der Waals surface area contributed by atoms with Crippen LogP contribution in [0.5, 0.6) is 0 Å². The van der Waals surface area contributed by atoms with Crippen molar-refractivity contribution in [3.05, 3.63) is 58.6 Å². The fourth-order valence-electron chi connectivity index (χ4n) is 3.25. The summed E-state index contributed by atoms with van der Waals surface area (Å²) in [6.07, 6.45) is -0.304. The molecule has 1 heterocycles. The highest BCUT2D eigenvalue weighted by atomic mass is 16.6. The number of nitro groups is 1. The van der Waals surface area contributed by atoms with Gasteiger partial charge in [-0.15, -0.1) is 0 Å². The minimum Gasteiger partial charge on any atom is -0.444 e. The minimum atomic E-state index is -0.571. The van der Waals surface area contributed by atoms with Crippen LogP contribution in [0.2, 0.25) is 0 Å². The predicted molar refractivity (Wildman–Crippen MR) is 122 cm³/mol. The molecule has 0 unspecified atom stereocenters. The molecule has 0 aliphatic carbocycles. The number of carbonyl (C=O) groups is 2. The molecule has 32 heavy (non-hydrogen) atoms. The molecule has 10 heteroatoms. The van der Waals surface area contributed by atoms with E-state index in [-0.39, 0.29) is 17.5 Å². The summed E-state index contributed by atoms with van der Waals surface area (Å²) in [5.41, 5.74) is 0.947. The highest BCUT2D eigenvalue weighted by Gasteiger charge is 2.26. The molecule has 2 N–H and O–H groups in total. The Labute approximate surface area is 186 Å². The molecule has 0 aromatic heterocycles. The summed E-state index contributed by atoms with van der Waals surface area (Å²) in [5, 5.41) is 16.2. The van der Waals surface area contributed by atoms with Gasteiger partial charge in [0.05, 0.1) is 4.92 Å². The second-order valence-corrected chi connectivity index (χ2v) is 8.35. The third-order valence-corrected chi connectivity index (χ3v) is 4.77. The number of benzene rings is 2. The minimum absolute atomic E-state index is 0.120. The van der Waals surface area contributed by atoms with E-state index < -0.39 is 16.6 Å². The molecule has 1 aliphatic heterocycles. The lowest BCUT2D eigenvalue weighted by molar-refractivity contribution is -0.383. The van der Waals surface area contributed by atoms with Crippen LogP contribution in [0.4, 0.5) is 32.3 Å². The van der Waals surface area contributed by atoms with Gasteiger partial charge in [-0.1, -0.05) is 12.1 Å². The number of hydrogen-bond donors (Lipinski definition) is 2. The Morgan fingerprint density at radius 1 is 0.969 bits per heavy atom. The van der Waals surface area contributed by atoms with E-state index in [1.807, 2.05) is 32.9 Å². The van der Waals surface area contributed by atoms with E-state index in [0.29, 0.717) is 31.9 Å². The molecule has 0 radical (unpaired) electrons. The topological polar surface area (TPSA) is 117 Å². The quantitative estimate of drug-likeness (QED) is 0.540. The number of nitrogens with one attached hydrogen (secondary N) is 2. The molecule has 0 bridgehead atoms. The number of nitro benzene ring substituents is 1. The van der Waals surface area contributed by atoms with Crippen LogP contribution < -0.4 is 15.5 Å². The monoisotopic (exact) mass is 441 g/mol. The maximum atomic E-state index is 12.2. The average Bonchev–Trinajstić information content (AvgIpc) is 2.73. The first-order valence-corrected chi connectivity index (χ1v) is 10.3. The Morgan fingerprint density at radius 3 is 2.19 bits per heavy atom. The van der Waals surface area contributed by atoms with Crippen LogP contribution in [0.1, 0.15) is 20.8 Å². The number of urea groups is 1. The first-order valence-electron chi connectivity index (χ1n) is 10.3. The predicted octanol–water partition coefficient (Wildman–Crippen LogP) is 4.30. The Balaban J connectivity index is 1.53. The van der Waals surface area contributed by atoms with E-state index in [1.54, 1.807) is 23.1 Å². The van der Waals surface area contributed by atoms with Crippen LogP contribution in [0.3, 0.4) is 0 Å². The molecule has 2 aromatic carbocycles. The highest BCUT2D eigenvalue weighted by molar-refractivity contribution is 6.01. The zero-order valence-electron chi connectivity index (χ0n) is 18.3. The van der Waals surface area contributed by atoms with Crippen LogP contribution in [-0.4, -0.2) is 53.7 Å². The van der Waals surface area contributed by atoms with Crippen LogP contribution in [0, 0.1) is 10.1 Å². The van der Waals surface area contributed by atoms with Gasteiger partial charge in [0.2, 0.25) is 0 Å². The van der Waals surface area contributed by atoms with Crippen molar-refractivity contribution in [2.45, 2.75) is 26.4 Å². The first kappa shape index (κ1) is 22.9. The smallest absolute Gasteiger partial charge is 0.410 e. The maximum absolute atomic E-state index is 12.2. The van der Waals surface area contributed by atoms with Crippen molar-refractivity contribution in [3.63, 3.8) is 0 Å². The molecule has 0 spiro atoms. The summed E-state index contributed by atoms with van der Waals surface area (Å²) in [4.78, 5) is 38.8. The van der Waals surface area contributed by atoms with Crippen molar-refractivity contribution in [2.75, 3.05) is 41.7 Å². The van der Waals surface area contributed by atoms with Crippen LogP contribution in [0.25, 0.3) is 0 Å². The zero-order valence-corrected chi connectivity index (χ0v) is 18.3. The summed E-state index contributed by atoms with van der Waals surface area (Å²) >= 11 is 0. The van der Waals surface area contributed by atoms with Crippen molar-refractivity contribution in [1.82, 2.24) is 4.90 Å². The summed E-state index contributed by atoms with van der Waals surface area (Å²) in [6, 6.07) is 12.6. The molecule has 3 rings (SSSR count). The Kier molecular flexibility index (Phi) is 6.82. The standard InChI is InChI=1S/C22H27N5O5/c1-22(2,3)32-21(29)26-14-12-25(13-15-26)17-10-8-16(9-11-17)23-20(28)24-18-6-4-5-7-19(18)27(30)31/h4-11H,12-15H2,1-3H3,(H2,23,24,28). The third-order valence-electron chi connectivity index (χ3n) is 4.77. The van der Waals surface area contributed by atoms with Gasteiger partial charge < -0.3 is 25.2 Å². The van der Waals surface area contributed by atoms with Crippen LogP contribution in [0.15, 0.2) is 48.5 Å². The van der Waals surface area contributed by atoms with E-state index in [0.717, 1.165) is 5.69 Å². The molecule has 3 amide bonds. The number of hydrogen-bond acceptors (Lipinski definition) is 6. The van der Waals surface area contributed by atoms with Crippen LogP contribution in [-0.2, 0) is 4.74 Å². The van der Waals surface area contributed by atoms with Crippen LogP contribution >= 0.6 is 0 Å². The van der Waals surface area contributed by atoms with Gasteiger partial charge in [-0.2, -0.15) is 0 Å². The molecule has 2 aromatic rings. The zero-order chi connectivity index (χ0) is 23.3. The van der Waals surface area contributed by atoms with Crippen molar-refractivity contribution < 1.29 is 19.2 Å². The summed E-state index contributed by atoms with van der Waals surface area (Å²) in [7, 11) is 0. The van der Waals surface area contributed by atoms with Gasteiger partial charge in [0, 0.05) is 43.6 Å². The summed E-state index contributed by atoms with van der Waals surface area (Å²) in [6.45, 7) is 8.00. The van der Waals surface area contributed by atoms with Gasteiger partial charge in [0.25, 0.3) is 5.69 Å². The van der Waals surface area contributed by atoms with Gasteiger partial charge in [0.15, 0.2) is 0 Å². The Hall–Kier alpha value is -3.82. The molecule has 1 saturated heterocycles. The molecule has 10 nitrogen and oxygen atoms in total. The second-order valence-electron chi connectivity index (χ2n) is 8.35. The van der Waals surface area contributed by atoms with Gasteiger partial charge >= 0.3 is 12.1 Å². The van der Waals surface area contributed by atoms with Gasteiger partial charge in [-0.25, -0.2) is 9.59 Å². The van der Waals surface area contributed by atoms with Crippen molar-refractivity contribution in [3.8, 4) is 0 Å². The van der Waals surface area contributed by atoms with Crippen molar-refractivity contribution in [1.29, 1.82) is 0 Å². The van der Waals surface area contributed by atoms with E-state index in [2.05, 4.69) is 15.5 Å². The fraction of sp³-hybridized carbons (Fsp3) is 0.364. The second kappa shape index (κ2) is 9.54. The Bertz CT molecular complexity index is 979. The molecule has 1 aliphatic rings. The third kappa shape index (κ3) is 6.10. The number of ether oxygens (including phenoxy) is 1. The van der Waals surface area contributed by atoms with Gasteiger partial charge in [-0.3, -0.25) is 10.1 Å². The lowest BCUT2D eigenvalue weighted by atomic mass is 10.2. The SMILES string of the molecule is CC(C)(C)OC(=O)N1CCN(c2ccc(NC(=O)Nc3ccccc3[N+](=O)[O-])cc2)CC1. The lowest BCUT2D eigenvalue weighted by Gasteiger charge is -2.36. The first-order chi connectivity index (χ1) is 15.1.